The second-order valence-corrected chi connectivity index (χ2v) is 12.2. The molecule has 1 aromatic heterocycles. The Labute approximate surface area is 204 Å². The summed E-state index contributed by atoms with van der Waals surface area (Å²) in [4.78, 5) is 16.9. The number of benzene rings is 1. The standard InChI is InChI=1S/C28H30N2O3S/c1-4-28(31)16-12-21-19-9-10-22-24-23(13-14-26(22,2)20(19)11-15-27(21,28)3)29-25(34-24)17-5-7-18(8-6-17)30(32)33/h1,5-8,10,19-21,31H,9,11-16H2,2-3H3/t19-,20+,21+,26-,27+,28+/m1/s1. The first-order valence-corrected chi connectivity index (χ1v) is 13.2. The van der Waals surface area contributed by atoms with Crippen LogP contribution in [0.15, 0.2) is 30.3 Å². The number of hydrogen-bond acceptors (Lipinski definition) is 5. The van der Waals surface area contributed by atoms with Crippen LogP contribution < -0.4 is 0 Å². The van der Waals surface area contributed by atoms with Crippen molar-refractivity contribution >= 4 is 22.6 Å². The number of thiazole rings is 1. The molecule has 0 bridgehead atoms. The summed E-state index contributed by atoms with van der Waals surface area (Å²) in [6.07, 6.45) is 15.3. The second kappa shape index (κ2) is 7.26. The number of terminal acetylenes is 1. The maximum Gasteiger partial charge on any atom is 0.269 e. The summed E-state index contributed by atoms with van der Waals surface area (Å²) in [5.74, 6) is 4.42. The zero-order valence-corrected chi connectivity index (χ0v) is 20.5. The van der Waals surface area contributed by atoms with Crippen LogP contribution in [0.2, 0.25) is 0 Å². The Morgan fingerprint density at radius 2 is 1.91 bits per heavy atom. The zero-order chi connectivity index (χ0) is 23.9. The summed E-state index contributed by atoms with van der Waals surface area (Å²) in [7, 11) is 0. The molecule has 6 heteroatoms. The van der Waals surface area contributed by atoms with E-state index in [1.807, 2.05) is 12.1 Å². The van der Waals surface area contributed by atoms with Crippen LogP contribution in [0, 0.1) is 51.0 Å². The van der Waals surface area contributed by atoms with Crippen LogP contribution in [-0.4, -0.2) is 20.6 Å². The Morgan fingerprint density at radius 3 is 2.62 bits per heavy atom. The first kappa shape index (κ1) is 22.0. The van der Waals surface area contributed by atoms with Crippen LogP contribution in [0.4, 0.5) is 5.69 Å². The van der Waals surface area contributed by atoms with Crippen LogP contribution in [-0.2, 0) is 6.42 Å². The minimum Gasteiger partial charge on any atom is -0.377 e. The molecule has 0 radical (unpaired) electrons. The topological polar surface area (TPSA) is 76.3 Å². The summed E-state index contributed by atoms with van der Waals surface area (Å²) in [5, 5.41) is 23.2. The van der Waals surface area contributed by atoms with Crippen molar-refractivity contribution in [3.8, 4) is 22.9 Å². The molecule has 0 unspecified atom stereocenters. The number of allylic oxidation sites excluding steroid dienone is 2. The highest BCUT2D eigenvalue weighted by Crippen LogP contribution is 2.68. The van der Waals surface area contributed by atoms with Gasteiger partial charge in [-0.3, -0.25) is 10.1 Å². The number of rotatable bonds is 2. The summed E-state index contributed by atoms with van der Waals surface area (Å²) in [6, 6.07) is 6.73. The molecule has 5 nitrogen and oxygen atoms in total. The van der Waals surface area contributed by atoms with Crippen molar-refractivity contribution in [1.29, 1.82) is 0 Å². The van der Waals surface area contributed by atoms with E-state index in [1.165, 1.54) is 16.1 Å². The van der Waals surface area contributed by atoms with E-state index in [4.69, 9.17) is 11.4 Å². The molecule has 0 amide bonds. The van der Waals surface area contributed by atoms with Crippen molar-refractivity contribution in [3.05, 3.63) is 51.0 Å². The van der Waals surface area contributed by atoms with E-state index in [9.17, 15) is 15.2 Å². The van der Waals surface area contributed by atoms with Gasteiger partial charge in [-0.2, -0.15) is 0 Å². The normalized spacial score (nSPS) is 38.1. The molecule has 176 valence electrons. The molecule has 0 saturated heterocycles. The number of nitrogens with zero attached hydrogens (tertiary/aromatic N) is 2. The molecule has 4 aliphatic rings. The lowest BCUT2D eigenvalue weighted by atomic mass is 9.47. The van der Waals surface area contributed by atoms with Crippen molar-refractivity contribution in [3.63, 3.8) is 0 Å². The van der Waals surface area contributed by atoms with Gasteiger partial charge in [0.1, 0.15) is 10.6 Å². The van der Waals surface area contributed by atoms with Crippen molar-refractivity contribution in [2.24, 2.45) is 28.6 Å². The highest BCUT2D eigenvalue weighted by atomic mass is 32.1. The van der Waals surface area contributed by atoms with Crippen LogP contribution >= 0.6 is 11.3 Å². The Kier molecular flexibility index (Phi) is 4.70. The summed E-state index contributed by atoms with van der Waals surface area (Å²) < 4.78 is 0. The van der Waals surface area contributed by atoms with Gasteiger partial charge >= 0.3 is 0 Å². The molecule has 2 fully saturated rings. The number of non-ortho nitro benzene ring substituents is 1. The van der Waals surface area contributed by atoms with E-state index in [-0.39, 0.29) is 21.4 Å². The molecule has 34 heavy (non-hydrogen) atoms. The summed E-state index contributed by atoms with van der Waals surface area (Å²) in [6.45, 7) is 4.69. The predicted octanol–water partition coefficient (Wildman–Crippen LogP) is 6.26. The highest BCUT2D eigenvalue weighted by molar-refractivity contribution is 7.16. The Balaban J connectivity index is 1.35. The zero-order valence-electron chi connectivity index (χ0n) is 19.7. The van der Waals surface area contributed by atoms with Crippen molar-refractivity contribution in [1.82, 2.24) is 4.98 Å². The Hall–Kier alpha value is -2.49. The molecular formula is C28H30N2O3S. The number of aliphatic hydroxyl groups is 1. The molecule has 0 aliphatic heterocycles. The monoisotopic (exact) mass is 474 g/mol. The van der Waals surface area contributed by atoms with Crippen molar-refractivity contribution < 1.29 is 10.0 Å². The van der Waals surface area contributed by atoms with Crippen LogP contribution in [0.1, 0.15) is 62.9 Å². The van der Waals surface area contributed by atoms with Gasteiger partial charge in [0.15, 0.2) is 0 Å². The van der Waals surface area contributed by atoms with Gasteiger partial charge in [-0.15, -0.1) is 17.8 Å². The molecule has 6 rings (SSSR count). The number of nitro benzene ring substituents is 1. The maximum atomic E-state index is 11.2. The van der Waals surface area contributed by atoms with E-state index < -0.39 is 5.60 Å². The highest BCUT2D eigenvalue weighted by Gasteiger charge is 2.63. The molecular weight excluding hydrogens is 444 g/mol. The fourth-order valence-electron chi connectivity index (χ4n) is 7.98. The van der Waals surface area contributed by atoms with Gasteiger partial charge in [0.05, 0.1) is 15.5 Å². The Bertz CT molecular complexity index is 1260. The van der Waals surface area contributed by atoms with Crippen LogP contribution in [0.5, 0.6) is 0 Å². The van der Waals surface area contributed by atoms with Crippen LogP contribution in [0.25, 0.3) is 16.1 Å². The second-order valence-electron chi connectivity index (χ2n) is 11.2. The number of aryl methyl sites for hydroxylation is 1. The van der Waals surface area contributed by atoms with Gasteiger partial charge in [-0.1, -0.05) is 25.8 Å². The molecule has 1 aromatic carbocycles. The van der Waals surface area contributed by atoms with E-state index in [0.717, 1.165) is 55.5 Å². The van der Waals surface area contributed by atoms with E-state index >= 15 is 0 Å². The van der Waals surface area contributed by atoms with Gasteiger partial charge < -0.3 is 5.11 Å². The van der Waals surface area contributed by atoms with E-state index in [1.54, 1.807) is 23.5 Å². The molecule has 4 aliphatic carbocycles. The number of fused-ring (bicyclic) bond motifs is 7. The van der Waals surface area contributed by atoms with Crippen LogP contribution in [0.3, 0.4) is 0 Å². The molecule has 1 heterocycles. The van der Waals surface area contributed by atoms with Gasteiger partial charge in [-0.05, 0) is 85.8 Å². The number of nitro groups is 1. The number of hydrogen-bond donors (Lipinski definition) is 1. The molecule has 0 spiro atoms. The number of aromatic nitrogens is 1. The fraction of sp³-hybridized carbons (Fsp3) is 0.536. The average Bonchev–Trinajstić information content (AvgIpc) is 3.38. The third-order valence-electron chi connectivity index (χ3n) is 10.0. The molecule has 2 aromatic rings. The first-order valence-electron chi connectivity index (χ1n) is 12.4. The summed E-state index contributed by atoms with van der Waals surface area (Å²) in [5.41, 5.74) is 2.63. The van der Waals surface area contributed by atoms with Crippen molar-refractivity contribution in [2.75, 3.05) is 0 Å². The SMILES string of the molecule is C#C[C@]1(O)CC[C@H]2[C@@H]3CC=C4c5sc(-c6ccc([N+](=O)[O-])cc6)nc5CC[C@]4(C)[C@H]3CC[C@@]21C. The predicted molar refractivity (Wildman–Crippen MR) is 134 cm³/mol. The first-order chi connectivity index (χ1) is 16.2. The minimum absolute atomic E-state index is 0.103. The maximum absolute atomic E-state index is 11.2. The third-order valence-corrected chi connectivity index (χ3v) is 11.2. The summed E-state index contributed by atoms with van der Waals surface area (Å²) >= 11 is 1.73. The smallest absolute Gasteiger partial charge is 0.269 e. The lowest BCUT2D eigenvalue weighted by Crippen LogP contribution is -2.53. The molecule has 1 N–H and O–H groups in total. The quantitative estimate of drug-likeness (QED) is 0.316. The average molecular weight is 475 g/mol. The van der Waals surface area contributed by atoms with Crippen molar-refractivity contribution in [2.45, 2.75) is 64.4 Å². The largest absolute Gasteiger partial charge is 0.377 e. The lowest BCUT2D eigenvalue weighted by Gasteiger charge is -2.57. The fourth-order valence-corrected chi connectivity index (χ4v) is 9.27. The van der Waals surface area contributed by atoms with Gasteiger partial charge in [0.25, 0.3) is 5.69 Å². The van der Waals surface area contributed by atoms with Gasteiger partial charge in [0, 0.05) is 23.1 Å². The van der Waals surface area contributed by atoms with E-state index in [0.29, 0.717) is 17.8 Å². The van der Waals surface area contributed by atoms with Gasteiger partial charge in [-0.25, -0.2) is 4.98 Å². The molecule has 6 atom stereocenters. The van der Waals surface area contributed by atoms with E-state index in [2.05, 4.69) is 25.8 Å². The minimum atomic E-state index is -0.968. The molecule has 2 saturated carbocycles. The lowest BCUT2D eigenvalue weighted by molar-refractivity contribution is -0.384. The third kappa shape index (κ3) is 2.80. The Morgan fingerprint density at radius 1 is 1.18 bits per heavy atom. The van der Waals surface area contributed by atoms with Gasteiger partial charge in [0.2, 0.25) is 0 Å².